The lowest BCUT2D eigenvalue weighted by Crippen LogP contribution is -2.48. The SMILES string of the molecule is CCC1CN(C(=NC)NCCCCCCCN(C)C)CCS1.I. The van der Waals surface area contributed by atoms with Crippen LogP contribution in [-0.2, 0) is 0 Å². The van der Waals surface area contributed by atoms with E-state index in [2.05, 4.69) is 52.9 Å². The van der Waals surface area contributed by atoms with Crippen molar-refractivity contribution in [2.75, 3.05) is 53.1 Å². The minimum absolute atomic E-state index is 0. The van der Waals surface area contributed by atoms with Crippen molar-refractivity contribution in [1.82, 2.24) is 15.1 Å². The van der Waals surface area contributed by atoms with Crippen LogP contribution < -0.4 is 5.32 Å². The summed E-state index contributed by atoms with van der Waals surface area (Å²) >= 11 is 2.11. The predicted molar refractivity (Wildman–Crippen MR) is 117 cm³/mol. The van der Waals surface area contributed by atoms with Crippen LogP contribution in [-0.4, -0.2) is 74.1 Å². The lowest BCUT2D eigenvalue weighted by atomic mass is 10.1. The van der Waals surface area contributed by atoms with Crippen molar-refractivity contribution in [3.63, 3.8) is 0 Å². The molecule has 0 aliphatic carbocycles. The van der Waals surface area contributed by atoms with Crippen LogP contribution in [0.3, 0.4) is 0 Å². The minimum Gasteiger partial charge on any atom is -0.356 e. The highest BCUT2D eigenvalue weighted by Gasteiger charge is 2.21. The van der Waals surface area contributed by atoms with E-state index in [-0.39, 0.29) is 24.0 Å². The number of nitrogens with one attached hydrogen (secondary N) is 1. The zero-order valence-electron chi connectivity index (χ0n) is 15.5. The van der Waals surface area contributed by atoms with Gasteiger partial charge < -0.3 is 15.1 Å². The molecular weight excluding hydrogens is 419 g/mol. The van der Waals surface area contributed by atoms with Crippen LogP contribution in [0.4, 0.5) is 0 Å². The van der Waals surface area contributed by atoms with Gasteiger partial charge in [0.15, 0.2) is 5.96 Å². The minimum atomic E-state index is 0. The van der Waals surface area contributed by atoms with Gasteiger partial charge in [0.1, 0.15) is 0 Å². The first-order chi connectivity index (χ1) is 10.7. The summed E-state index contributed by atoms with van der Waals surface area (Å²) in [5, 5.41) is 4.32. The Morgan fingerprint density at radius 3 is 2.57 bits per heavy atom. The van der Waals surface area contributed by atoms with E-state index in [0.717, 1.165) is 30.8 Å². The largest absolute Gasteiger partial charge is 0.356 e. The zero-order valence-corrected chi connectivity index (χ0v) is 18.7. The summed E-state index contributed by atoms with van der Waals surface area (Å²) in [5.74, 6) is 2.33. The van der Waals surface area contributed by atoms with Crippen molar-refractivity contribution in [1.29, 1.82) is 0 Å². The third kappa shape index (κ3) is 10.7. The Hall–Kier alpha value is 0.310. The number of nitrogens with zero attached hydrogens (tertiary/aromatic N) is 3. The monoisotopic (exact) mass is 456 g/mol. The van der Waals surface area contributed by atoms with Crippen molar-refractivity contribution in [2.45, 2.75) is 50.7 Å². The molecule has 1 rings (SSSR count). The van der Waals surface area contributed by atoms with Gasteiger partial charge in [0, 0.05) is 37.7 Å². The molecule has 1 aliphatic heterocycles. The van der Waals surface area contributed by atoms with Gasteiger partial charge in [0.25, 0.3) is 0 Å². The second-order valence-corrected chi connectivity index (χ2v) is 7.80. The molecule has 0 spiro atoms. The second kappa shape index (κ2) is 14.6. The number of thioether (sulfide) groups is 1. The van der Waals surface area contributed by atoms with Crippen LogP contribution in [0, 0.1) is 0 Å². The van der Waals surface area contributed by atoms with Crippen molar-refractivity contribution < 1.29 is 0 Å². The highest BCUT2D eigenvalue weighted by molar-refractivity contribution is 14.0. The molecule has 1 fully saturated rings. The molecular formula is C17H37IN4S. The normalized spacial score (nSPS) is 18.9. The molecule has 0 radical (unpaired) electrons. The maximum absolute atomic E-state index is 4.46. The lowest BCUT2D eigenvalue weighted by Gasteiger charge is -2.34. The highest BCUT2D eigenvalue weighted by Crippen LogP contribution is 2.20. The van der Waals surface area contributed by atoms with Crippen LogP contribution in [0.1, 0.15) is 45.4 Å². The van der Waals surface area contributed by atoms with E-state index in [4.69, 9.17) is 0 Å². The summed E-state index contributed by atoms with van der Waals surface area (Å²) < 4.78 is 0. The molecule has 4 nitrogen and oxygen atoms in total. The van der Waals surface area contributed by atoms with Crippen LogP contribution in [0.15, 0.2) is 4.99 Å². The van der Waals surface area contributed by atoms with Crippen molar-refractivity contribution in [3.8, 4) is 0 Å². The average Bonchev–Trinajstić information content (AvgIpc) is 2.53. The predicted octanol–water partition coefficient (Wildman–Crippen LogP) is 3.52. The lowest BCUT2D eigenvalue weighted by molar-refractivity contribution is 0.389. The molecule has 1 unspecified atom stereocenters. The highest BCUT2D eigenvalue weighted by atomic mass is 127. The summed E-state index contributed by atoms with van der Waals surface area (Å²) in [4.78, 5) is 9.17. The first-order valence-electron chi connectivity index (χ1n) is 8.89. The third-order valence-electron chi connectivity index (χ3n) is 4.17. The second-order valence-electron chi connectivity index (χ2n) is 6.39. The van der Waals surface area contributed by atoms with E-state index >= 15 is 0 Å². The number of aliphatic imine (C=N–C) groups is 1. The fraction of sp³-hybridized carbons (Fsp3) is 0.941. The fourth-order valence-corrected chi connectivity index (χ4v) is 3.95. The van der Waals surface area contributed by atoms with Crippen LogP contribution in [0.25, 0.3) is 0 Å². The Labute approximate surface area is 165 Å². The summed E-state index contributed by atoms with van der Waals surface area (Å²) in [6, 6.07) is 0. The molecule has 1 aliphatic rings. The summed E-state index contributed by atoms with van der Waals surface area (Å²) in [6.07, 6.45) is 7.86. The molecule has 0 bridgehead atoms. The van der Waals surface area contributed by atoms with Gasteiger partial charge in [-0.15, -0.1) is 24.0 Å². The first kappa shape index (κ1) is 23.3. The number of hydrogen-bond donors (Lipinski definition) is 1. The van der Waals surface area contributed by atoms with Crippen LogP contribution in [0.5, 0.6) is 0 Å². The quantitative estimate of drug-likeness (QED) is 0.249. The number of unbranched alkanes of at least 4 members (excludes halogenated alkanes) is 4. The maximum atomic E-state index is 4.46. The van der Waals surface area contributed by atoms with E-state index in [1.165, 1.54) is 50.8 Å². The van der Waals surface area contributed by atoms with E-state index in [1.54, 1.807) is 0 Å². The summed E-state index contributed by atoms with van der Waals surface area (Å²) in [5.41, 5.74) is 0. The van der Waals surface area contributed by atoms with Crippen molar-refractivity contribution in [3.05, 3.63) is 0 Å². The molecule has 0 saturated carbocycles. The molecule has 6 heteroatoms. The molecule has 0 amide bonds. The number of halogens is 1. The average molecular weight is 456 g/mol. The molecule has 0 aromatic heterocycles. The van der Waals surface area contributed by atoms with Gasteiger partial charge in [-0.2, -0.15) is 11.8 Å². The Balaban J connectivity index is 0.00000484. The number of rotatable bonds is 9. The topological polar surface area (TPSA) is 30.9 Å². The van der Waals surface area contributed by atoms with Gasteiger partial charge >= 0.3 is 0 Å². The Kier molecular flexibility index (Phi) is 14.8. The Bertz CT molecular complexity index is 313. The van der Waals surface area contributed by atoms with Gasteiger partial charge in [-0.3, -0.25) is 4.99 Å². The Morgan fingerprint density at radius 1 is 1.22 bits per heavy atom. The molecule has 1 heterocycles. The Morgan fingerprint density at radius 2 is 1.91 bits per heavy atom. The number of hydrogen-bond acceptors (Lipinski definition) is 3. The van der Waals surface area contributed by atoms with E-state index < -0.39 is 0 Å². The van der Waals surface area contributed by atoms with Gasteiger partial charge in [-0.25, -0.2) is 0 Å². The molecule has 23 heavy (non-hydrogen) atoms. The number of guanidine groups is 1. The molecule has 1 saturated heterocycles. The van der Waals surface area contributed by atoms with E-state index in [0.29, 0.717) is 0 Å². The summed E-state index contributed by atoms with van der Waals surface area (Å²) in [6.45, 7) is 6.83. The van der Waals surface area contributed by atoms with Gasteiger partial charge in [0.2, 0.25) is 0 Å². The van der Waals surface area contributed by atoms with Crippen LogP contribution >= 0.6 is 35.7 Å². The standard InChI is InChI=1S/C17H36N4S.HI/c1-5-16-15-21(13-14-22-16)17(18-2)19-11-9-7-6-8-10-12-20(3)4;/h16H,5-15H2,1-4H3,(H,18,19);1H. The first-order valence-corrected chi connectivity index (χ1v) is 9.94. The molecule has 138 valence electrons. The fourth-order valence-electron chi connectivity index (χ4n) is 2.77. The van der Waals surface area contributed by atoms with E-state index in [9.17, 15) is 0 Å². The van der Waals surface area contributed by atoms with Crippen molar-refractivity contribution >= 4 is 41.7 Å². The van der Waals surface area contributed by atoms with Crippen molar-refractivity contribution in [2.24, 2.45) is 4.99 Å². The molecule has 1 N–H and O–H groups in total. The molecule has 0 aromatic carbocycles. The van der Waals surface area contributed by atoms with Crippen LogP contribution in [0.2, 0.25) is 0 Å². The molecule has 0 aromatic rings. The zero-order chi connectivity index (χ0) is 16.2. The smallest absolute Gasteiger partial charge is 0.193 e. The van der Waals surface area contributed by atoms with Gasteiger partial charge in [-0.05, 0) is 39.9 Å². The molecule has 1 atom stereocenters. The van der Waals surface area contributed by atoms with Gasteiger partial charge in [-0.1, -0.05) is 26.2 Å². The maximum Gasteiger partial charge on any atom is 0.193 e. The third-order valence-corrected chi connectivity index (χ3v) is 5.54. The summed E-state index contributed by atoms with van der Waals surface area (Å²) in [7, 11) is 6.21. The van der Waals surface area contributed by atoms with E-state index in [1.807, 2.05) is 7.05 Å². The van der Waals surface area contributed by atoms with Gasteiger partial charge in [0.05, 0.1) is 0 Å².